The number of anilines is 2. The Labute approximate surface area is 97.1 Å². The van der Waals surface area contributed by atoms with Gasteiger partial charge in [-0.05, 0) is 18.8 Å². The van der Waals surface area contributed by atoms with Crippen LogP contribution in [0.4, 0.5) is 11.6 Å². The highest BCUT2D eigenvalue weighted by atomic mass is 15.2. The summed E-state index contributed by atoms with van der Waals surface area (Å²) in [5, 5.41) is 3.05. The molecule has 1 aromatic heterocycles. The van der Waals surface area contributed by atoms with Gasteiger partial charge >= 0.3 is 0 Å². The minimum Gasteiger partial charge on any atom is -0.373 e. The number of hydrogen-bond donors (Lipinski definition) is 1. The summed E-state index contributed by atoms with van der Waals surface area (Å²) in [4.78, 5) is 10.8. The van der Waals surface area contributed by atoms with Crippen molar-refractivity contribution < 1.29 is 0 Å². The van der Waals surface area contributed by atoms with Crippen LogP contribution in [0, 0.1) is 5.92 Å². The number of nitrogens with one attached hydrogen (secondary N) is 1. The summed E-state index contributed by atoms with van der Waals surface area (Å²) in [6, 6.07) is 2.02. The first-order valence-electron chi connectivity index (χ1n) is 6.08. The fourth-order valence-electron chi connectivity index (χ4n) is 2.34. The van der Waals surface area contributed by atoms with E-state index in [2.05, 4.69) is 27.1 Å². The van der Waals surface area contributed by atoms with Gasteiger partial charge in [-0.2, -0.15) is 0 Å². The number of nitrogens with zero attached hydrogens (tertiary/aromatic N) is 3. The fraction of sp³-hybridized carbons (Fsp3) is 0.667. The molecule has 4 heteroatoms. The Hall–Kier alpha value is -1.32. The highest BCUT2D eigenvalue weighted by Gasteiger charge is 2.22. The molecule has 1 aliphatic heterocycles. The average Bonchev–Trinajstić information content (AvgIpc) is 2.78. The summed E-state index contributed by atoms with van der Waals surface area (Å²) in [6.07, 6.45) is 5.55. The van der Waals surface area contributed by atoms with Crippen molar-refractivity contribution in [1.82, 2.24) is 9.97 Å². The van der Waals surface area contributed by atoms with Crippen LogP contribution in [0.25, 0.3) is 0 Å². The largest absolute Gasteiger partial charge is 0.373 e. The Bertz CT molecular complexity index is 340. The van der Waals surface area contributed by atoms with Gasteiger partial charge in [-0.3, -0.25) is 0 Å². The first-order chi connectivity index (χ1) is 7.83. The maximum Gasteiger partial charge on any atom is 0.134 e. The molecule has 1 unspecified atom stereocenters. The molecule has 16 heavy (non-hydrogen) atoms. The van der Waals surface area contributed by atoms with Gasteiger partial charge in [0.05, 0.1) is 0 Å². The fourth-order valence-corrected chi connectivity index (χ4v) is 2.34. The van der Waals surface area contributed by atoms with Crippen LogP contribution in [-0.4, -0.2) is 30.1 Å². The lowest BCUT2D eigenvalue weighted by molar-refractivity contribution is 0.529. The summed E-state index contributed by atoms with van der Waals surface area (Å²) in [5.74, 6) is 2.79. The van der Waals surface area contributed by atoms with Crippen LogP contribution in [0.15, 0.2) is 12.4 Å². The minimum absolute atomic E-state index is 0.845. The standard InChI is InChI=1S/C12H20N4/c1-3-4-10-5-6-16(8-10)12-7-11(13-2)14-9-15-12/h7,9-10H,3-6,8H2,1-2H3,(H,13,14,15). The zero-order chi connectivity index (χ0) is 11.4. The Morgan fingerprint density at radius 1 is 1.50 bits per heavy atom. The van der Waals surface area contributed by atoms with Crippen molar-refractivity contribution in [3.05, 3.63) is 12.4 Å². The molecular weight excluding hydrogens is 200 g/mol. The van der Waals surface area contributed by atoms with Crippen LogP contribution in [0.2, 0.25) is 0 Å². The van der Waals surface area contributed by atoms with Crippen molar-refractivity contribution >= 4 is 11.6 Å². The maximum absolute atomic E-state index is 4.34. The van der Waals surface area contributed by atoms with Crippen LogP contribution in [0.3, 0.4) is 0 Å². The van der Waals surface area contributed by atoms with Gasteiger partial charge in [-0.25, -0.2) is 9.97 Å². The van der Waals surface area contributed by atoms with Gasteiger partial charge < -0.3 is 10.2 Å². The molecule has 4 nitrogen and oxygen atoms in total. The number of rotatable bonds is 4. The summed E-state index contributed by atoms with van der Waals surface area (Å²) in [5.41, 5.74) is 0. The molecule has 1 atom stereocenters. The molecule has 2 rings (SSSR count). The first kappa shape index (κ1) is 11.2. The Morgan fingerprint density at radius 2 is 2.38 bits per heavy atom. The SMILES string of the molecule is CCCC1CCN(c2cc(NC)ncn2)C1. The number of hydrogen-bond acceptors (Lipinski definition) is 4. The molecule has 88 valence electrons. The van der Waals surface area contributed by atoms with Crippen molar-refractivity contribution in [2.75, 3.05) is 30.4 Å². The zero-order valence-corrected chi connectivity index (χ0v) is 10.1. The molecule has 0 aliphatic carbocycles. The third kappa shape index (κ3) is 2.43. The molecule has 0 spiro atoms. The van der Waals surface area contributed by atoms with E-state index >= 15 is 0 Å². The third-order valence-corrected chi connectivity index (χ3v) is 3.22. The van der Waals surface area contributed by atoms with Crippen molar-refractivity contribution in [3.63, 3.8) is 0 Å². The van der Waals surface area contributed by atoms with E-state index in [0.29, 0.717) is 0 Å². The lowest BCUT2D eigenvalue weighted by atomic mass is 10.0. The average molecular weight is 220 g/mol. The second kappa shape index (κ2) is 5.14. The van der Waals surface area contributed by atoms with E-state index in [1.807, 2.05) is 13.1 Å². The molecule has 1 N–H and O–H groups in total. The molecule has 0 aromatic carbocycles. The molecule has 1 aromatic rings. The van der Waals surface area contributed by atoms with E-state index in [4.69, 9.17) is 0 Å². The molecule has 0 bridgehead atoms. The highest BCUT2D eigenvalue weighted by Crippen LogP contribution is 2.25. The van der Waals surface area contributed by atoms with E-state index in [0.717, 1.165) is 30.6 Å². The molecule has 2 heterocycles. The van der Waals surface area contributed by atoms with Crippen LogP contribution in [0.1, 0.15) is 26.2 Å². The predicted molar refractivity (Wildman–Crippen MR) is 66.8 cm³/mol. The van der Waals surface area contributed by atoms with Crippen molar-refractivity contribution in [3.8, 4) is 0 Å². The van der Waals surface area contributed by atoms with Crippen molar-refractivity contribution in [2.24, 2.45) is 5.92 Å². The Balaban J connectivity index is 2.02. The second-order valence-electron chi connectivity index (χ2n) is 4.40. The summed E-state index contributed by atoms with van der Waals surface area (Å²) >= 11 is 0. The van der Waals surface area contributed by atoms with Crippen LogP contribution in [0.5, 0.6) is 0 Å². The van der Waals surface area contributed by atoms with Crippen molar-refractivity contribution in [1.29, 1.82) is 0 Å². The number of aromatic nitrogens is 2. The normalized spacial score (nSPS) is 20.1. The van der Waals surface area contributed by atoms with E-state index in [-0.39, 0.29) is 0 Å². The monoisotopic (exact) mass is 220 g/mol. The summed E-state index contributed by atoms with van der Waals surface area (Å²) in [7, 11) is 1.88. The van der Waals surface area contributed by atoms with Gasteiger partial charge in [0.25, 0.3) is 0 Å². The molecule has 0 saturated carbocycles. The van der Waals surface area contributed by atoms with E-state index in [9.17, 15) is 0 Å². The minimum atomic E-state index is 0.845. The molecule has 0 amide bonds. The van der Waals surface area contributed by atoms with Crippen molar-refractivity contribution in [2.45, 2.75) is 26.2 Å². The molecular formula is C12H20N4. The van der Waals surface area contributed by atoms with Gasteiger partial charge in [-0.1, -0.05) is 13.3 Å². The van der Waals surface area contributed by atoms with Crippen LogP contribution >= 0.6 is 0 Å². The van der Waals surface area contributed by atoms with E-state index < -0.39 is 0 Å². The Kier molecular flexibility index (Phi) is 3.59. The summed E-state index contributed by atoms with van der Waals surface area (Å²) < 4.78 is 0. The molecule has 1 saturated heterocycles. The summed E-state index contributed by atoms with van der Waals surface area (Å²) in [6.45, 7) is 4.53. The van der Waals surface area contributed by atoms with Crippen LogP contribution in [-0.2, 0) is 0 Å². The molecule has 1 aliphatic rings. The Morgan fingerprint density at radius 3 is 3.12 bits per heavy atom. The van der Waals surface area contributed by atoms with Gasteiger partial charge in [0.15, 0.2) is 0 Å². The lowest BCUT2D eigenvalue weighted by Crippen LogP contribution is -2.21. The van der Waals surface area contributed by atoms with Gasteiger partial charge in [-0.15, -0.1) is 0 Å². The van der Waals surface area contributed by atoms with E-state index in [1.165, 1.54) is 19.3 Å². The van der Waals surface area contributed by atoms with Crippen LogP contribution < -0.4 is 10.2 Å². The highest BCUT2D eigenvalue weighted by molar-refractivity contribution is 5.48. The van der Waals surface area contributed by atoms with Gasteiger partial charge in [0.1, 0.15) is 18.0 Å². The van der Waals surface area contributed by atoms with E-state index in [1.54, 1.807) is 6.33 Å². The third-order valence-electron chi connectivity index (χ3n) is 3.22. The van der Waals surface area contributed by atoms with Gasteiger partial charge in [0, 0.05) is 26.2 Å². The quantitative estimate of drug-likeness (QED) is 0.844. The van der Waals surface area contributed by atoms with Gasteiger partial charge in [0.2, 0.25) is 0 Å². The maximum atomic E-state index is 4.34. The second-order valence-corrected chi connectivity index (χ2v) is 4.40. The zero-order valence-electron chi connectivity index (χ0n) is 10.1. The smallest absolute Gasteiger partial charge is 0.134 e. The topological polar surface area (TPSA) is 41.0 Å². The molecule has 0 radical (unpaired) electrons. The predicted octanol–water partition coefficient (Wildman–Crippen LogP) is 2.14. The first-order valence-corrected chi connectivity index (χ1v) is 6.08. The molecule has 1 fully saturated rings. The lowest BCUT2D eigenvalue weighted by Gasteiger charge is -2.17.